The van der Waals surface area contributed by atoms with Crippen LogP contribution >= 0.6 is 0 Å². The number of hydrogen-bond donors (Lipinski definition) is 2. The third-order valence-corrected chi connectivity index (χ3v) is 3.04. The predicted octanol–water partition coefficient (Wildman–Crippen LogP) is 2.53. The van der Waals surface area contributed by atoms with E-state index in [2.05, 4.69) is 19.2 Å². The molecular weight excluding hydrogens is 243 g/mol. The second kappa shape index (κ2) is 8.12. The Morgan fingerprint density at radius 1 is 1.37 bits per heavy atom. The Hall–Kier alpha value is -1.13. The van der Waals surface area contributed by atoms with E-state index in [9.17, 15) is 4.39 Å². The van der Waals surface area contributed by atoms with Gasteiger partial charge in [-0.1, -0.05) is 19.9 Å². The van der Waals surface area contributed by atoms with E-state index in [4.69, 9.17) is 5.11 Å². The van der Waals surface area contributed by atoms with Crippen molar-refractivity contribution in [3.63, 3.8) is 0 Å². The molecule has 4 heteroatoms. The molecule has 1 rings (SSSR count). The van der Waals surface area contributed by atoms with E-state index in [1.54, 1.807) is 6.07 Å². The largest absolute Gasteiger partial charge is 0.396 e. The van der Waals surface area contributed by atoms with Gasteiger partial charge in [-0.05, 0) is 31.0 Å². The Labute approximate surface area is 115 Å². The maximum Gasteiger partial charge on any atom is 0.146 e. The quantitative estimate of drug-likeness (QED) is 0.760. The number of nitrogens with one attached hydrogen (secondary N) is 1. The van der Waals surface area contributed by atoms with Gasteiger partial charge in [0.15, 0.2) is 0 Å². The van der Waals surface area contributed by atoms with Crippen LogP contribution < -0.4 is 10.2 Å². The number of aliphatic hydroxyl groups excluding tert-OH is 1. The van der Waals surface area contributed by atoms with Gasteiger partial charge in [-0.25, -0.2) is 4.39 Å². The first kappa shape index (κ1) is 15.9. The first-order valence-electron chi connectivity index (χ1n) is 6.96. The average Bonchev–Trinajstić information content (AvgIpc) is 2.39. The van der Waals surface area contributed by atoms with Crippen LogP contribution in [-0.4, -0.2) is 30.8 Å². The summed E-state index contributed by atoms with van der Waals surface area (Å²) in [6.07, 6.45) is 0.657. The van der Waals surface area contributed by atoms with Crippen LogP contribution in [0.25, 0.3) is 0 Å². The van der Waals surface area contributed by atoms with Gasteiger partial charge < -0.3 is 15.3 Å². The molecule has 0 aliphatic rings. The van der Waals surface area contributed by atoms with Crippen molar-refractivity contribution >= 4 is 5.69 Å². The van der Waals surface area contributed by atoms with Gasteiger partial charge in [0.05, 0.1) is 5.69 Å². The molecule has 0 radical (unpaired) electrons. The van der Waals surface area contributed by atoms with Crippen LogP contribution in [0.15, 0.2) is 18.2 Å². The summed E-state index contributed by atoms with van der Waals surface area (Å²) in [5.41, 5.74) is 1.57. The number of anilines is 1. The lowest BCUT2D eigenvalue weighted by molar-refractivity contribution is 0.289. The molecule has 0 bridgehead atoms. The molecule has 0 aromatic heterocycles. The van der Waals surface area contributed by atoms with E-state index in [0.29, 0.717) is 31.2 Å². The fraction of sp³-hybridized carbons (Fsp3) is 0.600. The van der Waals surface area contributed by atoms with Crippen molar-refractivity contribution in [3.8, 4) is 0 Å². The molecule has 0 aliphatic heterocycles. The van der Waals surface area contributed by atoms with Crippen molar-refractivity contribution < 1.29 is 9.50 Å². The van der Waals surface area contributed by atoms with Crippen molar-refractivity contribution in [1.29, 1.82) is 0 Å². The average molecular weight is 268 g/mol. The highest BCUT2D eigenvalue weighted by molar-refractivity contribution is 5.49. The Morgan fingerprint density at radius 3 is 2.63 bits per heavy atom. The maximum atomic E-state index is 14.1. The fourth-order valence-corrected chi connectivity index (χ4v) is 1.95. The standard InChI is InChI=1S/C15H25FN2O/c1-4-18(8-5-9-19)15-7-6-13(10-14(15)16)11-17-12(2)3/h6-7,10,12,17,19H,4-5,8-9,11H2,1-3H3. The molecule has 19 heavy (non-hydrogen) atoms. The van der Waals surface area contributed by atoms with E-state index in [1.165, 1.54) is 0 Å². The lowest BCUT2D eigenvalue weighted by Crippen LogP contribution is -2.26. The molecule has 0 saturated carbocycles. The third-order valence-electron chi connectivity index (χ3n) is 3.04. The number of nitrogens with zero attached hydrogens (tertiary/aromatic N) is 1. The molecule has 0 atom stereocenters. The first-order chi connectivity index (χ1) is 9.08. The molecule has 1 aromatic carbocycles. The molecule has 0 aliphatic carbocycles. The minimum Gasteiger partial charge on any atom is -0.396 e. The molecule has 0 fully saturated rings. The van der Waals surface area contributed by atoms with Crippen molar-refractivity contribution in [1.82, 2.24) is 5.32 Å². The Balaban J connectivity index is 2.74. The van der Waals surface area contributed by atoms with Crippen LogP contribution in [0.3, 0.4) is 0 Å². The van der Waals surface area contributed by atoms with Gasteiger partial charge in [0.2, 0.25) is 0 Å². The monoisotopic (exact) mass is 268 g/mol. The summed E-state index contributed by atoms with van der Waals surface area (Å²) in [6, 6.07) is 5.76. The minimum atomic E-state index is -0.192. The normalized spacial score (nSPS) is 11.1. The second-order valence-electron chi connectivity index (χ2n) is 4.98. The van der Waals surface area contributed by atoms with Gasteiger partial charge >= 0.3 is 0 Å². The molecule has 0 amide bonds. The van der Waals surface area contributed by atoms with Crippen molar-refractivity contribution in [2.75, 3.05) is 24.6 Å². The zero-order valence-electron chi connectivity index (χ0n) is 12.1. The fourth-order valence-electron chi connectivity index (χ4n) is 1.95. The Bertz CT molecular complexity index is 382. The molecular formula is C15H25FN2O. The van der Waals surface area contributed by atoms with E-state index in [-0.39, 0.29) is 12.4 Å². The summed E-state index contributed by atoms with van der Waals surface area (Å²) in [7, 11) is 0. The lowest BCUT2D eigenvalue weighted by Gasteiger charge is -2.23. The third kappa shape index (κ3) is 5.17. The van der Waals surface area contributed by atoms with Crippen LogP contribution in [0.2, 0.25) is 0 Å². The van der Waals surface area contributed by atoms with Crippen LogP contribution in [0, 0.1) is 5.82 Å². The SMILES string of the molecule is CCN(CCCO)c1ccc(CNC(C)C)cc1F. The molecule has 0 heterocycles. The summed E-state index contributed by atoms with van der Waals surface area (Å²) in [5, 5.41) is 12.1. The van der Waals surface area contributed by atoms with Gasteiger partial charge in [-0.2, -0.15) is 0 Å². The minimum absolute atomic E-state index is 0.133. The van der Waals surface area contributed by atoms with Crippen LogP contribution in [-0.2, 0) is 6.54 Å². The number of aliphatic hydroxyl groups is 1. The summed E-state index contributed by atoms with van der Waals surface area (Å²) >= 11 is 0. The van der Waals surface area contributed by atoms with Crippen LogP contribution in [0.4, 0.5) is 10.1 Å². The van der Waals surface area contributed by atoms with Gasteiger partial charge in [-0.3, -0.25) is 0 Å². The van der Waals surface area contributed by atoms with Gasteiger partial charge in [-0.15, -0.1) is 0 Å². The number of benzene rings is 1. The van der Waals surface area contributed by atoms with Crippen LogP contribution in [0.5, 0.6) is 0 Å². The summed E-state index contributed by atoms with van der Waals surface area (Å²) < 4.78 is 14.1. The highest BCUT2D eigenvalue weighted by atomic mass is 19.1. The number of rotatable bonds is 8. The van der Waals surface area contributed by atoms with E-state index >= 15 is 0 Å². The zero-order chi connectivity index (χ0) is 14.3. The Morgan fingerprint density at radius 2 is 2.11 bits per heavy atom. The molecule has 0 spiro atoms. The summed E-state index contributed by atoms with van der Waals surface area (Å²) in [5.74, 6) is -0.192. The molecule has 0 unspecified atom stereocenters. The van der Waals surface area contributed by atoms with E-state index < -0.39 is 0 Å². The molecule has 1 aromatic rings. The van der Waals surface area contributed by atoms with E-state index in [0.717, 1.165) is 12.1 Å². The molecule has 108 valence electrons. The first-order valence-corrected chi connectivity index (χ1v) is 6.96. The van der Waals surface area contributed by atoms with Gasteiger partial charge in [0.25, 0.3) is 0 Å². The maximum absolute atomic E-state index is 14.1. The van der Waals surface area contributed by atoms with Crippen molar-refractivity contribution in [2.24, 2.45) is 0 Å². The van der Waals surface area contributed by atoms with Crippen LogP contribution in [0.1, 0.15) is 32.8 Å². The summed E-state index contributed by atoms with van der Waals surface area (Å²) in [4.78, 5) is 1.95. The molecule has 0 saturated heterocycles. The smallest absolute Gasteiger partial charge is 0.146 e. The number of halogens is 1. The number of hydrogen-bond acceptors (Lipinski definition) is 3. The molecule has 3 nitrogen and oxygen atoms in total. The van der Waals surface area contributed by atoms with Crippen molar-refractivity contribution in [3.05, 3.63) is 29.6 Å². The van der Waals surface area contributed by atoms with Gasteiger partial charge in [0, 0.05) is 32.3 Å². The van der Waals surface area contributed by atoms with E-state index in [1.807, 2.05) is 24.0 Å². The zero-order valence-corrected chi connectivity index (χ0v) is 12.1. The highest BCUT2D eigenvalue weighted by Gasteiger charge is 2.10. The highest BCUT2D eigenvalue weighted by Crippen LogP contribution is 2.20. The lowest BCUT2D eigenvalue weighted by atomic mass is 10.1. The Kier molecular flexibility index (Phi) is 6.81. The van der Waals surface area contributed by atoms with Gasteiger partial charge in [0.1, 0.15) is 5.82 Å². The van der Waals surface area contributed by atoms with Crippen molar-refractivity contribution in [2.45, 2.75) is 39.8 Å². The second-order valence-corrected chi connectivity index (χ2v) is 4.98. The predicted molar refractivity (Wildman–Crippen MR) is 78.0 cm³/mol. The topological polar surface area (TPSA) is 35.5 Å². The summed E-state index contributed by atoms with van der Waals surface area (Å²) in [6.45, 7) is 8.35. The molecule has 2 N–H and O–H groups in total.